The van der Waals surface area contributed by atoms with Crippen LogP contribution in [0.3, 0.4) is 0 Å². The van der Waals surface area contributed by atoms with Crippen molar-refractivity contribution in [1.82, 2.24) is 28.6 Å². The minimum atomic E-state index is -3.83. The molecule has 2 aromatic heterocycles. The molecule has 1 fully saturated rings. The van der Waals surface area contributed by atoms with Gasteiger partial charge in [0.1, 0.15) is 6.04 Å². The maximum atomic E-state index is 13.0. The zero-order chi connectivity index (χ0) is 23.0. The highest BCUT2D eigenvalue weighted by Gasteiger charge is 2.41. The van der Waals surface area contributed by atoms with Crippen LogP contribution in [0.4, 0.5) is 5.82 Å². The van der Waals surface area contributed by atoms with E-state index in [0.717, 1.165) is 26.7 Å². The van der Waals surface area contributed by atoms with Gasteiger partial charge in [0.2, 0.25) is 5.91 Å². The Morgan fingerprint density at radius 2 is 1.94 bits per heavy atom. The number of amides is 1. The van der Waals surface area contributed by atoms with Crippen molar-refractivity contribution in [3.63, 3.8) is 0 Å². The molecule has 1 aromatic carbocycles. The Hall–Kier alpha value is -3.02. The molecular formula is C21H27N7O3S. The summed E-state index contributed by atoms with van der Waals surface area (Å²) in [4.78, 5) is 13.0. The standard InChI is InChI=1S/C21H27N7O3S/c1-14-7-5-6-8-16(14)12-28-10-9-20(24-28)22-21(29)19-11-18(25-32(30,31)27(19)4)17-13-26(3)23-15(17)2/h5-10,13,18-19,25H,11-12H2,1-4H3,(H,22,24,29)/t18-,19-/m1/s1. The Bertz CT molecular complexity index is 1250. The first-order valence-electron chi connectivity index (χ1n) is 10.3. The van der Waals surface area contributed by atoms with Gasteiger partial charge in [0.05, 0.1) is 18.3 Å². The number of aryl methyl sites for hydroxylation is 3. The molecule has 3 heterocycles. The lowest BCUT2D eigenvalue weighted by Crippen LogP contribution is -2.56. The van der Waals surface area contributed by atoms with Gasteiger partial charge in [0.25, 0.3) is 10.2 Å². The average Bonchev–Trinajstić information content (AvgIpc) is 3.30. The third-order valence-corrected chi connectivity index (χ3v) is 7.38. The van der Waals surface area contributed by atoms with Gasteiger partial charge in [-0.1, -0.05) is 24.3 Å². The van der Waals surface area contributed by atoms with Crippen molar-refractivity contribution in [1.29, 1.82) is 0 Å². The van der Waals surface area contributed by atoms with E-state index >= 15 is 0 Å². The van der Waals surface area contributed by atoms with Gasteiger partial charge in [-0.05, 0) is 31.4 Å². The van der Waals surface area contributed by atoms with Crippen molar-refractivity contribution in [2.75, 3.05) is 12.4 Å². The second-order valence-corrected chi connectivity index (χ2v) is 9.86. The number of anilines is 1. The Morgan fingerprint density at radius 3 is 2.62 bits per heavy atom. The van der Waals surface area contributed by atoms with Crippen molar-refractivity contribution < 1.29 is 13.2 Å². The van der Waals surface area contributed by atoms with E-state index in [2.05, 4.69) is 20.2 Å². The molecule has 4 rings (SSSR count). The monoisotopic (exact) mass is 457 g/mol. The van der Waals surface area contributed by atoms with Crippen LogP contribution in [-0.2, 0) is 28.6 Å². The molecule has 1 saturated heterocycles. The van der Waals surface area contributed by atoms with E-state index in [4.69, 9.17) is 0 Å². The van der Waals surface area contributed by atoms with Crippen LogP contribution in [0.2, 0.25) is 0 Å². The van der Waals surface area contributed by atoms with Crippen molar-refractivity contribution >= 4 is 21.9 Å². The maximum Gasteiger partial charge on any atom is 0.280 e. The Morgan fingerprint density at radius 1 is 1.19 bits per heavy atom. The minimum absolute atomic E-state index is 0.276. The molecular weight excluding hydrogens is 430 g/mol. The van der Waals surface area contributed by atoms with Crippen LogP contribution in [0.15, 0.2) is 42.7 Å². The molecule has 0 spiro atoms. The lowest BCUT2D eigenvalue weighted by molar-refractivity contribution is -0.120. The predicted molar refractivity (Wildman–Crippen MR) is 120 cm³/mol. The summed E-state index contributed by atoms with van der Waals surface area (Å²) in [6.07, 6.45) is 3.83. The van der Waals surface area contributed by atoms with E-state index < -0.39 is 28.2 Å². The fraction of sp³-hybridized carbons (Fsp3) is 0.381. The van der Waals surface area contributed by atoms with Crippen LogP contribution < -0.4 is 10.0 Å². The van der Waals surface area contributed by atoms with Crippen LogP contribution in [0.5, 0.6) is 0 Å². The van der Waals surface area contributed by atoms with Gasteiger partial charge in [-0.25, -0.2) is 0 Å². The number of benzene rings is 1. The summed E-state index contributed by atoms with van der Waals surface area (Å²) in [5, 5.41) is 11.5. The van der Waals surface area contributed by atoms with Gasteiger partial charge < -0.3 is 5.32 Å². The largest absolute Gasteiger partial charge is 0.308 e. The molecule has 0 bridgehead atoms. The summed E-state index contributed by atoms with van der Waals surface area (Å²) in [7, 11) is -0.659. The van der Waals surface area contributed by atoms with Crippen LogP contribution >= 0.6 is 0 Å². The summed E-state index contributed by atoms with van der Waals surface area (Å²) in [5.41, 5.74) is 3.77. The number of carbonyl (C=O) groups is 1. The average molecular weight is 458 g/mol. The van der Waals surface area contributed by atoms with E-state index in [1.54, 1.807) is 34.9 Å². The zero-order valence-corrected chi connectivity index (χ0v) is 19.3. The third-order valence-electron chi connectivity index (χ3n) is 5.78. The first-order valence-corrected chi connectivity index (χ1v) is 11.7. The van der Waals surface area contributed by atoms with Gasteiger partial charge in [-0.15, -0.1) is 0 Å². The fourth-order valence-electron chi connectivity index (χ4n) is 3.96. The molecule has 10 nitrogen and oxygen atoms in total. The SMILES string of the molecule is Cc1ccccc1Cn1ccc(NC(=O)[C@H]2C[C@H](c3cn(C)nc3C)NS(=O)(=O)N2C)n1. The van der Waals surface area contributed by atoms with Crippen LogP contribution in [0.25, 0.3) is 0 Å². The van der Waals surface area contributed by atoms with E-state index in [1.807, 2.05) is 38.1 Å². The number of nitrogens with one attached hydrogen (secondary N) is 2. The summed E-state index contributed by atoms with van der Waals surface area (Å²) in [6, 6.07) is 8.31. The Balaban J connectivity index is 1.50. The fourth-order valence-corrected chi connectivity index (χ4v) is 5.23. The van der Waals surface area contributed by atoms with Crippen molar-refractivity contribution in [3.05, 3.63) is 65.1 Å². The maximum absolute atomic E-state index is 13.0. The molecule has 0 radical (unpaired) electrons. The molecule has 0 saturated carbocycles. The van der Waals surface area contributed by atoms with Gasteiger partial charge in [-0.3, -0.25) is 14.2 Å². The summed E-state index contributed by atoms with van der Waals surface area (Å²) in [5.74, 6) is -0.0488. The highest BCUT2D eigenvalue weighted by molar-refractivity contribution is 7.87. The molecule has 2 N–H and O–H groups in total. The molecule has 1 aliphatic rings. The molecule has 1 aliphatic heterocycles. The van der Waals surface area contributed by atoms with E-state index in [1.165, 1.54) is 7.05 Å². The predicted octanol–water partition coefficient (Wildman–Crippen LogP) is 1.50. The van der Waals surface area contributed by atoms with Crippen molar-refractivity contribution in [3.8, 4) is 0 Å². The van der Waals surface area contributed by atoms with E-state index in [-0.39, 0.29) is 6.42 Å². The lowest BCUT2D eigenvalue weighted by Gasteiger charge is -2.35. The van der Waals surface area contributed by atoms with Crippen molar-refractivity contribution in [2.24, 2.45) is 7.05 Å². The first-order chi connectivity index (χ1) is 15.1. The van der Waals surface area contributed by atoms with Gasteiger partial charge >= 0.3 is 0 Å². The van der Waals surface area contributed by atoms with Crippen LogP contribution in [0, 0.1) is 13.8 Å². The van der Waals surface area contributed by atoms with Crippen molar-refractivity contribution in [2.45, 2.75) is 38.9 Å². The number of rotatable bonds is 5. The second kappa shape index (κ2) is 8.49. The zero-order valence-electron chi connectivity index (χ0n) is 18.5. The Labute approximate surface area is 187 Å². The third kappa shape index (κ3) is 4.45. The number of aromatic nitrogens is 4. The number of hydrogen-bond donors (Lipinski definition) is 2. The topological polar surface area (TPSA) is 114 Å². The highest BCUT2D eigenvalue weighted by Crippen LogP contribution is 2.29. The smallest absolute Gasteiger partial charge is 0.280 e. The quantitative estimate of drug-likeness (QED) is 0.603. The summed E-state index contributed by atoms with van der Waals surface area (Å²) < 4.78 is 32.4. The molecule has 0 aliphatic carbocycles. The molecule has 11 heteroatoms. The highest BCUT2D eigenvalue weighted by atomic mass is 32.2. The minimum Gasteiger partial charge on any atom is -0.308 e. The molecule has 2 atom stereocenters. The first kappa shape index (κ1) is 22.2. The summed E-state index contributed by atoms with van der Waals surface area (Å²) >= 11 is 0. The Kier molecular flexibility index (Phi) is 5.89. The number of carbonyl (C=O) groups excluding carboxylic acids is 1. The van der Waals surface area contributed by atoms with E-state index in [9.17, 15) is 13.2 Å². The molecule has 32 heavy (non-hydrogen) atoms. The van der Waals surface area contributed by atoms with Gasteiger partial charge in [-0.2, -0.15) is 27.6 Å². The number of likely N-dealkylation sites (N-methyl/N-ethyl adjacent to an activating group) is 1. The molecule has 170 valence electrons. The lowest BCUT2D eigenvalue weighted by atomic mass is 10.00. The van der Waals surface area contributed by atoms with Crippen LogP contribution in [0.1, 0.15) is 34.8 Å². The summed E-state index contributed by atoms with van der Waals surface area (Å²) in [6.45, 7) is 4.43. The van der Waals surface area contributed by atoms with Crippen LogP contribution in [-0.4, -0.2) is 51.3 Å². The van der Waals surface area contributed by atoms with Gasteiger partial charge in [0.15, 0.2) is 5.82 Å². The van der Waals surface area contributed by atoms with E-state index in [0.29, 0.717) is 12.4 Å². The van der Waals surface area contributed by atoms with Gasteiger partial charge in [0, 0.05) is 38.1 Å². The molecule has 0 unspecified atom stereocenters. The second-order valence-electron chi connectivity index (χ2n) is 8.10. The number of nitrogens with zero attached hydrogens (tertiary/aromatic N) is 5. The number of hydrogen-bond acceptors (Lipinski definition) is 5. The molecule has 1 amide bonds. The normalized spacial score (nSPS) is 20.9. The molecule has 3 aromatic rings.